The molecular formula is C14H9BrF3N3. The van der Waals surface area contributed by atoms with Gasteiger partial charge in [0.25, 0.3) is 0 Å². The van der Waals surface area contributed by atoms with E-state index in [1.807, 2.05) is 6.07 Å². The van der Waals surface area contributed by atoms with Gasteiger partial charge in [-0.2, -0.15) is 18.4 Å². The second-order valence-electron chi connectivity index (χ2n) is 4.28. The van der Waals surface area contributed by atoms with E-state index in [0.717, 1.165) is 6.07 Å². The fourth-order valence-electron chi connectivity index (χ4n) is 1.75. The molecule has 2 rings (SSSR count). The molecule has 0 fully saturated rings. The Morgan fingerprint density at radius 2 is 2.00 bits per heavy atom. The Balaban J connectivity index is 2.42. The van der Waals surface area contributed by atoms with Crippen LogP contribution in [0, 0.1) is 18.3 Å². The Labute approximate surface area is 127 Å². The molecule has 0 saturated carbocycles. The van der Waals surface area contributed by atoms with Crippen molar-refractivity contribution in [1.29, 1.82) is 5.26 Å². The SMILES string of the molecule is Cc1ccnc(Nc2ccc(Br)c(C(F)(F)F)c2)c1C#N. The number of aryl methyl sites for hydroxylation is 1. The van der Waals surface area contributed by atoms with Gasteiger partial charge in [-0.25, -0.2) is 4.98 Å². The standard InChI is InChI=1S/C14H9BrF3N3/c1-8-4-5-20-13(10(8)7-19)21-9-2-3-12(15)11(6-9)14(16,17)18/h2-6H,1H3,(H,20,21). The number of hydrogen-bond acceptors (Lipinski definition) is 3. The molecule has 0 atom stereocenters. The Kier molecular flexibility index (Phi) is 4.19. The van der Waals surface area contributed by atoms with Crippen LogP contribution in [0.15, 0.2) is 34.9 Å². The fraction of sp³-hybridized carbons (Fsp3) is 0.143. The molecule has 0 bridgehead atoms. The van der Waals surface area contributed by atoms with E-state index in [9.17, 15) is 13.2 Å². The zero-order valence-corrected chi connectivity index (χ0v) is 12.4. The molecule has 0 aliphatic heterocycles. The molecule has 0 spiro atoms. The minimum atomic E-state index is -4.46. The molecule has 21 heavy (non-hydrogen) atoms. The van der Waals surface area contributed by atoms with E-state index in [2.05, 4.69) is 26.2 Å². The summed E-state index contributed by atoms with van der Waals surface area (Å²) in [5.41, 5.74) is 0.413. The van der Waals surface area contributed by atoms with E-state index in [4.69, 9.17) is 5.26 Å². The quantitative estimate of drug-likeness (QED) is 0.842. The highest BCUT2D eigenvalue weighted by molar-refractivity contribution is 9.10. The lowest BCUT2D eigenvalue weighted by atomic mass is 10.1. The summed E-state index contributed by atoms with van der Waals surface area (Å²) in [5.74, 6) is 0.230. The molecule has 0 radical (unpaired) electrons. The summed E-state index contributed by atoms with van der Waals surface area (Å²) < 4.78 is 38.5. The van der Waals surface area contributed by atoms with Crippen LogP contribution in [-0.4, -0.2) is 4.98 Å². The third-order valence-corrected chi connectivity index (χ3v) is 3.50. The van der Waals surface area contributed by atoms with E-state index < -0.39 is 11.7 Å². The van der Waals surface area contributed by atoms with Crippen LogP contribution in [0.2, 0.25) is 0 Å². The summed E-state index contributed by atoms with van der Waals surface area (Å²) >= 11 is 2.88. The Hall–Kier alpha value is -2.07. The van der Waals surface area contributed by atoms with Crippen molar-refractivity contribution in [1.82, 2.24) is 4.98 Å². The first-order valence-corrected chi connectivity index (χ1v) is 6.61. The maximum atomic E-state index is 12.9. The highest BCUT2D eigenvalue weighted by Crippen LogP contribution is 2.37. The summed E-state index contributed by atoms with van der Waals surface area (Å²) in [7, 11) is 0. The van der Waals surface area contributed by atoms with Crippen LogP contribution in [0.5, 0.6) is 0 Å². The van der Waals surface area contributed by atoms with Crippen LogP contribution in [0.3, 0.4) is 0 Å². The summed E-state index contributed by atoms with van der Waals surface area (Å²) in [6.45, 7) is 1.73. The van der Waals surface area contributed by atoms with E-state index >= 15 is 0 Å². The molecule has 7 heteroatoms. The lowest BCUT2D eigenvalue weighted by Crippen LogP contribution is -2.07. The molecular weight excluding hydrogens is 347 g/mol. The van der Waals surface area contributed by atoms with Crippen LogP contribution in [-0.2, 0) is 6.18 Å². The zero-order valence-electron chi connectivity index (χ0n) is 10.8. The van der Waals surface area contributed by atoms with Gasteiger partial charge in [-0.3, -0.25) is 0 Å². The summed E-state index contributed by atoms with van der Waals surface area (Å²) in [6, 6.07) is 7.39. The first-order chi connectivity index (χ1) is 9.82. The maximum absolute atomic E-state index is 12.9. The van der Waals surface area contributed by atoms with Gasteiger partial charge in [-0.05, 0) is 36.8 Å². The maximum Gasteiger partial charge on any atom is 0.417 e. The number of halogens is 4. The molecule has 0 saturated heterocycles. The van der Waals surface area contributed by atoms with Crippen LogP contribution >= 0.6 is 15.9 Å². The molecule has 0 aliphatic rings. The lowest BCUT2D eigenvalue weighted by molar-refractivity contribution is -0.138. The average molecular weight is 356 g/mol. The van der Waals surface area contributed by atoms with Crippen LogP contribution in [0.25, 0.3) is 0 Å². The number of aromatic nitrogens is 1. The lowest BCUT2D eigenvalue weighted by Gasteiger charge is -2.13. The monoisotopic (exact) mass is 355 g/mol. The van der Waals surface area contributed by atoms with Crippen LogP contribution in [0.1, 0.15) is 16.7 Å². The van der Waals surface area contributed by atoms with E-state index in [-0.39, 0.29) is 16.0 Å². The number of hydrogen-bond donors (Lipinski definition) is 1. The van der Waals surface area contributed by atoms with Gasteiger partial charge in [0.05, 0.1) is 11.1 Å². The number of rotatable bonds is 2. The number of pyridine rings is 1. The number of nitrogens with zero attached hydrogens (tertiary/aromatic N) is 2. The summed E-state index contributed by atoms with van der Waals surface area (Å²) in [4.78, 5) is 3.99. The summed E-state index contributed by atoms with van der Waals surface area (Å²) in [5, 5.41) is 11.8. The van der Waals surface area contributed by atoms with Crippen molar-refractivity contribution < 1.29 is 13.2 Å². The molecule has 1 heterocycles. The molecule has 1 N–H and O–H groups in total. The van der Waals surface area contributed by atoms with E-state index in [0.29, 0.717) is 11.1 Å². The average Bonchev–Trinajstić information content (AvgIpc) is 2.40. The molecule has 0 amide bonds. The molecule has 0 unspecified atom stereocenters. The Morgan fingerprint density at radius 1 is 1.29 bits per heavy atom. The molecule has 108 valence electrons. The van der Waals surface area contributed by atoms with Gasteiger partial charge >= 0.3 is 6.18 Å². The Bertz CT molecular complexity index is 720. The third kappa shape index (κ3) is 3.34. The third-order valence-electron chi connectivity index (χ3n) is 2.81. The molecule has 3 nitrogen and oxygen atoms in total. The van der Waals surface area contributed by atoms with Crippen molar-refractivity contribution >= 4 is 27.4 Å². The van der Waals surface area contributed by atoms with Crippen molar-refractivity contribution in [2.75, 3.05) is 5.32 Å². The van der Waals surface area contributed by atoms with Crippen LogP contribution in [0.4, 0.5) is 24.7 Å². The normalized spacial score (nSPS) is 11.0. The number of nitriles is 1. The second-order valence-corrected chi connectivity index (χ2v) is 5.13. The van der Waals surface area contributed by atoms with Gasteiger partial charge in [0.15, 0.2) is 0 Å². The first kappa shape index (κ1) is 15.3. The molecule has 2 aromatic rings. The van der Waals surface area contributed by atoms with Gasteiger partial charge in [-0.1, -0.05) is 15.9 Å². The zero-order chi connectivity index (χ0) is 15.6. The van der Waals surface area contributed by atoms with E-state index in [1.54, 1.807) is 13.0 Å². The first-order valence-electron chi connectivity index (χ1n) is 5.82. The number of anilines is 2. The van der Waals surface area contributed by atoms with Crippen molar-refractivity contribution in [2.45, 2.75) is 13.1 Å². The minimum Gasteiger partial charge on any atom is -0.339 e. The van der Waals surface area contributed by atoms with Crippen molar-refractivity contribution in [2.24, 2.45) is 0 Å². The predicted molar refractivity (Wildman–Crippen MR) is 76.1 cm³/mol. The largest absolute Gasteiger partial charge is 0.417 e. The van der Waals surface area contributed by atoms with Gasteiger partial charge < -0.3 is 5.32 Å². The summed E-state index contributed by atoms with van der Waals surface area (Å²) in [6.07, 6.45) is -2.98. The highest BCUT2D eigenvalue weighted by Gasteiger charge is 2.33. The van der Waals surface area contributed by atoms with Crippen LogP contribution < -0.4 is 5.32 Å². The number of nitrogens with one attached hydrogen (secondary N) is 1. The van der Waals surface area contributed by atoms with Gasteiger partial charge in [0.1, 0.15) is 11.9 Å². The van der Waals surface area contributed by atoms with Crippen molar-refractivity contribution in [3.8, 4) is 6.07 Å². The fourth-order valence-corrected chi connectivity index (χ4v) is 2.22. The van der Waals surface area contributed by atoms with Crippen molar-refractivity contribution in [3.63, 3.8) is 0 Å². The van der Waals surface area contributed by atoms with Gasteiger partial charge in [-0.15, -0.1) is 0 Å². The van der Waals surface area contributed by atoms with Crippen molar-refractivity contribution in [3.05, 3.63) is 51.6 Å². The topological polar surface area (TPSA) is 48.7 Å². The van der Waals surface area contributed by atoms with E-state index in [1.165, 1.54) is 18.3 Å². The second kappa shape index (κ2) is 5.74. The number of alkyl halides is 3. The van der Waals surface area contributed by atoms with Gasteiger partial charge in [0, 0.05) is 16.4 Å². The molecule has 1 aromatic carbocycles. The molecule has 0 aliphatic carbocycles. The minimum absolute atomic E-state index is 0.0433. The highest BCUT2D eigenvalue weighted by atomic mass is 79.9. The smallest absolute Gasteiger partial charge is 0.339 e. The molecule has 1 aromatic heterocycles. The predicted octanol–water partition coefficient (Wildman–Crippen LogP) is 4.79. The van der Waals surface area contributed by atoms with Gasteiger partial charge in [0.2, 0.25) is 0 Å². The number of benzene rings is 1. The Morgan fingerprint density at radius 3 is 2.62 bits per heavy atom.